The van der Waals surface area contributed by atoms with Crippen molar-refractivity contribution in [3.8, 4) is 0 Å². The molecule has 1 unspecified atom stereocenters. The number of nitrogens with zero attached hydrogens (tertiary/aromatic N) is 3. The average Bonchev–Trinajstić information content (AvgIpc) is 3.24. The van der Waals surface area contributed by atoms with Crippen LogP contribution in [-0.2, 0) is 23.6 Å². The Kier molecular flexibility index (Phi) is 4.06. The van der Waals surface area contributed by atoms with Gasteiger partial charge in [-0.2, -0.15) is 4.31 Å². The summed E-state index contributed by atoms with van der Waals surface area (Å²) in [7, 11) is 0.135. The molecule has 5 nitrogen and oxygen atoms in total. The van der Waals surface area contributed by atoms with Gasteiger partial charge in [0.05, 0.1) is 18.6 Å². The standard InChI is InChI=1S/C16H21N3O2S/c1-18-12-17-10-15(18)11-19(2)22(20,21)16(14-8-9-14)13-6-4-3-5-7-13/h3-7,10,12,14,16H,8-9,11H2,1-2H3. The van der Waals surface area contributed by atoms with Gasteiger partial charge in [-0.15, -0.1) is 0 Å². The van der Waals surface area contributed by atoms with Gasteiger partial charge in [-0.05, 0) is 24.3 Å². The lowest BCUT2D eigenvalue weighted by Gasteiger charge is -2.25. The Morgan fingerprint density at radius 3 is 2.55 bits per heavy atom. The van der Waals surface area contributed by atoms with Crippen molar-refractivity contribution in [3.05, 3.63) is 54.1 Å². The zero-order valence-corrected chi connectivity index (χ0v) is 13.7. The Labute approximate surface area is 131 Å². The number of hydrogen-bond donors (Lipinski definition) is 0. The van der Waals surface area contributed by atoms with Crippen LogP contribution in [0.4, 0.5) is 0 Å². The number of hydrogen-bond acceptors (Lipinski definition) is 3. The molecule has 0 N–H and O–H groups in total. The van der Waals surface area contributed by atoms with E-state index in [1.807, 2.05) is 41.9 Å². The van der Waals surface area contributed by atoms with Crippen LogP contribution in [0.5, 0.6) is 0 Å². The lowest BCUT2D eigenvalue weighted by molar-refractivity contribution is 0.442. The van der Waals surface area contributed by atoms with E-state index in [4.69, 9.17) is 0 Å². The van der Waals surface area contributed by atoms with E-state index in [-0.39, 0.29) is 5.92 Å². The first-order chi connectivity index (χ1) is 10.5. The molecule has 0 aliphatic heterocycles. The molecule has 1 aliphatic carbocycles. The first-order valence-electron chi connectivity index (χ1n) is 7.45. The Balaban J connectivity index is 1.88. The van der Waals surface area contributed by atoms with E-state index in [9.17, 15) is 8.42 Å². The fourth-order valence-electron chi connectivity index (χ4n) is 2.78. The Hall–Kier alpha value is -1.66. The summed E-state index contributed by atoms with van der Waals surface area (Å²) in [5.74, 6) is 0.237. The van der Waals surface area contributed by atoms with Gasteiger partial charge in [-0.3, -0.25) is 0 Å². The van der Waals surface area contributed by atoms with Gasteiger partial charge in [-0.25, -0.2) is 13.4 Å². The summed E-state index contributed by atoms with van der Waals surface area (Å²) in [5, 5.41) is -0.438. The molecule has 1 saturated carbocycles. The summed E-state index contributed by atoms with van der Waals surface area (Å²) in [6, 6.07) is 9.55. The maximum absolute atomic E-state index is 13.0. The van der Waals surface area contributed by atoms with Gasteiger partial charge in [0.2, 0.25) is 10.0 Å². The number of rotatable bonds is 6. The van der Waals surface area contributed by atoms with Gasteiger partial charge >= 0.3 is 0 Å². The molecule has 1 atom stereocenters. The summed E-state index contributed by atoms with van der Waals surface area (Å²) in [6.45, 7) is 0.342. The SMILES string of the molecule is CN(Cc1cncn1C)S(=O)(=O)C(c1ccccc1)C1CC1. The summed E-state index contributed by atoms with van der Waals surface area (Å²) in [4.78, 5) is 4.05. The van der Waals surface area contributed by atoms with Crippen LogP contribution in [0, 0.1) is 5.92 Å². The van der Waals surface area contributed by atoms with E-state index in [2.05, 4.69) is 4.98 Å². The normalized spacial score (nSPS) is 16.9. The molecule has 1 aromatic carbocycles. The monoisotopic (exact) mass is 319 g/mol. The Morgan fingerprint density at radius 2 is 2.00 bits per heavy atom. The van der Waals surface area contributed by atoms with Crippen LogP contribution < -0.4 is 0 Å². The highest BCUT2D eigenvalue weighted by Gasteiger charge is 2.43. The molecule has 0 bridgehead atoms. The smallest absolute Gasteiger partial charge is 0.221 e. The van der Waals surface area contributed by atoms with Crippen LogP contribution in [0.25, 0.3) is 0 Å². The van der Waals surface area contributed by atoms with Crippen LogP contribution in [0.15, 0.2) is 42.9 Å². The average molecular weight is 319 g/mol. The number of benzene rings is 1. The second-order valence-corrected chi connectivity index (χ2v) is 8.13. The second kappa shape index (κ2) is 5.85. The van der Waals surface area contributed by atoms with Gasteiger partial charge in [0.15, 0.2) is 0 Å². The quantitative estimate of drug-likeness (QED) is 0.821. The lowest BCUT2D eigenvalue weighted by atomic mass is 10.1. The minimum atomic E-state index is -3.39. The third kappa shape index (κ3) is 2.94. The molecule has 118 valence electrons. The summed E-state index contributed by atoms with van der Waals surface area (Å²) in [6.07, 6.45) is 5.36. The van der Waals surface area contributed by atoms with Crippen molar-refractivity contribution >= 4 is 10.0 Å². The van der Waals surface area contributed by atoms with E-state index in [1.165, 1.54) is 4.31 Å². The van der Waals surface area contributed by atoms with Crippen molar-refractivity contribution in [2.24, 2.45) is 13.0 Å². The van der Waals surface area contributed by atoms with Crippen LogP contribution in [0.1, 0.15) is 29.3 Å². The molecule has 0 amide bonds. The maximum atomic E-state index is 13.0. The number of aromatic nitrogens is 2. The zero-order chi connectivity index (χ0) is 15.7. The number of sulfonamides is 1. The van der Waals surface area contributed by atoms with Crippen molar-refractivity contribution in [2.75, 3.05) is 7.05 Å². The summed E-state index contributed by atoms with van der Waals surface area (Å²) in [5.41, 5.74) is 1.77. The fourth-order valence-corrected chi connectivity index (χ4v) is 4.74. The van der Waals surface area contributed by atoms with E-state index in [0.717, 1.165) is 24.1 Å². The molecule has 1 fully saturated rings. The van der Waals surface area contributed by atoms with Crippen molar-refractivity contribution in [1.82, 2.24) is 13.9 Å². The van der Waals surface area contributed by atoms with Crippen LogP contribution in [0.2, 0.25) is 0 Å². The number of imidazole rings is 1. The Morgan fingerprint density at radius 1 is 1.32 bits per heavy atom. The zero-order valence-electron chi connectivity index (χ0n) is 12.9. The van der Waals surface area contributed by atoms with Crippen molar-refractivity contribution in [2.45, 2.75) is 24.6 Å². The minimum Gasteiger partial charge on any atom is -0.337 e. The predicted octanol–water partition coefficient (Wildman–Crippen LogP) is 2.33. The van der Waals surface area contributed by atoms with E-state index in [0.29, 0.717) is 6.54 Å². The molecule has 1 aliphatic rings. The molecule has 22 heavy (non-hydrogen) atoms. The highest BCUT2D eigenvalue weighted by atomic mass is 32.2. The molecular weight excluding hydrogens is 298 g/mol. The first kappa shape index (κ1) is 15.2. The number of aryl methyl sites for hydroxylation is 1. The van der Waals surface area contributed by atoms with Gasteiger partial charge < -0.3 is 4.57 Å². The van der Waals surface area contributed by atoms with Gasteiger partial charge in [0.1, 0.15) is 5.25 Å². The lowest BCUT2D eigenvalue weighted by Crippen LogP contribution is -2.32. The molecule has 0 spiro atoms. The second-order valence-electron chi connectivity index (χ2n) is 5.97. The topological polar surface area (TPSA) is 55.2 Å². The molecule has 0 saturated heterocycles. The van der Waals surface area contributed by atoms with Crippen molar-refractivity contribution in [1.29, 1.82) is 0 Å². The van der Waals surface area contributed by atoms with Crippen LogP contribution >= 0.6 is 0 Å². The maximum Gasteiger partial charge on any atom is 0.221 e. The first-order valence-corrected chi connectivity index (χ1v) is 8.96. The minimum absolute atomic E-state index is 0.237. The van der Waals surface area contributed by atoms with Gasteiger partial charge in [0, 0.05) is 20.3 Å². The molecule has 6 heteroatoms. The summed E-state index contributed by atoms with van der Waals surface area (Å²) >= 11 is 0. The van der Waals surface area contributed by atoms with E-state index in [1.54, 1.807) is 19.6 Å². The highest BCUT2D eigenvalue weighted by Crippen LogP contribution is 2.46. The van der Waals surface area contributed by atoms with Crippen molar-refractivity contribution in [3.63, 3.8) is 0 Å². The van der Waals surface area contributed by atoms with Gasteiger partial charge in [-0.1, -0.05) is 30.3 Å². The molecule has 1 heterocycles. The third-order valence-electron chi connectivity index (χ3n) is 4.23. The largest absolute Gasteiger partial charge is 0.337 e. The highest BCUT2D eigenvalue weighted by molar-refractivity contribution is 7.89. The van der Waals surface area contributed by atoms with E-state index >= 15 is 0 Å². The molecular formula is C16H21N3O2S. The summed E-state index contributed by atoms with van der Waals surface area (Å²) < 4.78 is 29.4. The van der Waals surface area contributed by atoms with Crippen LogP contribution in [-0.4, -0.2) is 29.3 Å². The van der Waals surface area contributed by atoms with Crippen LogP contribution in [0.3, 0.4) is 0 Å². The molecule has 1 aromatic heterocycles. The molecule has 3 rings (SSSR count). The Bertz CT molecular complexity index is 736. The third-order valence-corrected chi connectivity index (χ3v) is 6.53. The van der Waals surface area contributed by atoms with Crippen molar-refractivity contribution < 1.29 is 8.42 Å². The van der Waals surface area contributed by atoms with Gasteiger partial charge in [0.25, 0.3) is 0 Å². The van der Waals surface area contributed by atoms with E-state index < -0.39 is 15.3 Å². The predicted molar refractivity (Wildman–Crippen MR) is 85.5 cm³/mol. The fraction of sp³-hybridized carbons (Fsp3) is 0.438. The molecule has 2 aromatic rings. The molecule has 0 radical (unpaired) electrons.